The van der Waals surface area contributed by atoms with Crippen LogP contribution >= 0.6 is 0 Å². The van der Waals surface area contributed by atoms with Crippen molar-refractivity contribution in [2.45, 2.75) is 6.61 Å². The number of allylic oxidation sites excluding steroid dienone is 1. The van der Waals surface area contributed by atoms with E-state index >= 15 is 0 Å². The molecular weight excluding hydrogens is 342 g/mol. The van der Waals surface area contributed by atoms with Gasteiger partial charge in [0.05, 0.1) is 11.6 Å². The number of nitriles is 1. The molecule has 0 aliphatic carbocycles. The summed E-state index contributed by atoms with van der Waals surface area (Å²) in [6.07, 6.45) is 1.91. The van der Waals surface area contributed by atoms with Gasteiger partial charge in [0.15, 0.2) is 0 Å². The second-order valence-electron chi connectivity index (χ2n) is 6.58. The van der Waals surface area contributed by atoms with Crippen molar-refractivity contribution in [1.82, 2.24) is 0 Å². The summed E-state index contributed by atoms with van der Waals surface area (Å²) in [7, 11) is 0. The summed E-state index contributed by atoms with van der Waals surface area (Å²) in [5.74, 6) is 0.810. The quantitative estimate of drug-likeness (QED) is 0.301. The normalized spacial score (nSPS) is 11.2. The maximum absolute atomic E-state index is 9.63. The molecule has 0 N–H and O–H groups in total. The monoisotopic (exact) mass is 361 g/mol. The zero-order chi connectivity index (χ0) is 19.2. The molecule has 0 saturated heterocycles. The fourth-order valence-corrected chi connectivity index (χ4v) is 3.10. The molecule has 0 radical (unpaired) electrons. The second-order valence-corrected chi connectivity index (χ2v) is 6.58. The van der Waals surface area contributed by atoms with E-state index in [2.05, 4.69) is 30.3 Å². The molecule has 0 fully saturated rings. The summed E-state index contributed by atoms with van der Waals surface area (Å²) in [5, 5.41) is 11.9. The van der Waals surface area contributed by atoms with Crippen LogP contribution in [0, 0.1) is 11.3 Å². The van der Waals surface area contributed by atoms with Crippen molar-refractivity contribution in [3.05, 3.63) is 114 Å². The number of fused-ring (bicyclic) bond motifs is 1. The molecule has 0 saturated carbocycles. The Kier molecular flexibility index (Phi) is 5.17. The summed E-state index contributed by atoms with van der Waals surface area (Å²) in [4.78, 5) is 0. The molecule has 0 aromatic heterocycles. The summed E-state index contributed by atoms with van der Waals surface area (Å²) < 4.78 is 5.83. The Balaban J connectivity index is 1.52. The number of nitrogens with zero attached hydrogens (tertiary/aromatic N) is 1. The topological polar surface area (TPSA) is 33.0 Å². The van der Waals surface area contributed by atoms with Crippen LogP contribution in [0.15, 0.2) is 97.1 Å². The van der Waals surface area contributed by atoms with E-state index < -0.39 is 0 Å². The fourth-order valence-electron chi connectivity index (χ4n) is 3.10. The summed E-state index contributed by atoms with van der Waals surface area (Å²) in [6, 6.07) is 34.5. The lowest BCUT2D eigenvalue weighted by Gasteiger charge is -2.07. The van der Waals surface area contributed by atoms with Crippen LogP contribution in [0.3, 0.4) is 0 Å². The van der Waals surface area contributed by atoms with Crippen molar-refractivity contribution < 1.29 is 4.74 Å². The third kappa shape index (κ3) is 4.11. The number of benzene rings is 4. The third-order valence-corrected chi connectivity index (χ3v) is 4.62. The maximum atomic E-state index is 9.63. The minimum absolute atomic E-state index is 0.538. The minimum Gasteiger partial charge on any atom is -0.489 e. The molecule has 4 aromatic carbocycles. The first-order valence-electron chi connectivity index (χ1n) is 9.19. The second kappa shape index (κ2) is 8.24. The first-order valence-corrected chi connectivity index (χ1v) is 9.19. The number of ether oxygens (including phenoxy) is 1. The largest absolute Gasteiger partial charge is 0.489 e. The average Bonchev–Trinajstić information content (AvgIpc) is 2.77. The van der Waals surface area contributed by atoms with E-state index in [1.807, 2.05) is 78.9 Å². The molecule has 0 bridgehead atoms. The molecule has 0 amide bonds. The van der Waals surface area contributed by atoms with E-state index in [-0.39, 0.29) is 0 Å². The van der Waals surface area contributed by atoms with Crippen LogP contribution < -0.4 is 4.74 Å². The molecule has 28 heavy (non-hydrogen) atoms. The Hall–Kier alpha value is -3.83. The summed E-state index contributed by atoms with van der Waals surface area (Å²) in [6.45, 7) is 0.538. The van der Waals surface area contributed by atoms with Gasteiger partial charge in [-0.1, -0.05) is 78.9 Å². The first-order chi connectivity index (χ1) is 13.8. The van der Waals surface area contributed by atoms with Gasteiger partial charge in [-0.15, -0.1) is 0 Å². The molecule has 0 aliphatic heterocycles. The molecule has 0 unspecified atom stereocenters. The van der Waals surface area contributed by atoms with Crippen LogP contribution in [-0.2, 0) is 6.61 Å². The Labute approximate surface area is 165 Å². The Bertz CT molecular complexity index is 1150. The van der Waals surface area contributed by atoms with Crippen molar-refractivity contribution >= 4 is 22.4 Å². The molecule has 2 heteroatoms. The van der Waals surface area contributed by atoms with Crippen molar-refractivity contribution in [2.24, 2.45) is 0 Å². The van der Waals surface area contributed by atoms with E-state index in [4.69, 9.17) is 4.74 Å². The highest BCUT2D eigenvalue weighted by molar-refractivity contribution is 5.94. The van der Waals surface area contributed by atoms with Crippen LogP contribution in [0.4, 0.5) is 0 Å². The van der Waals surface area contributed by atoms with Gasteiger partial charge in [-0.25, -0.2) is 0 Å². The van der Waals surface area contributed by atoms with E-state index in [1.54, 1.807) is 0 Å². The van der Waals surface area contributed by atoms with Crippen molar-refractivity contribution in [3.8, 4) is 11.8 Å². The van der Waals surface area contributed by atoms with Crippen molar-refractivity contribution in [2.75, 3.05) is 0 Å². The number of rotatable bonds is 5. The van der Waals surface area contributed by atoms with Gasteiger partial charge in [0.2, 0.25) is 0 Å². The van der Waals surface area contributed by atoms with Gasteiger partial charge in [-0.2, -0.15) is 5.26 Å². The highest BCUT2D eigenvalue weighted by Crippen LogP contribution is 2.24. The molecule has 0 atom stereocenters. The molecule has 2 nitrogen and oxygen atoms in total. The zero-order valence-electron chi connectivity index (χ0n) is 15.4. The van der Waals surface area contributed by atoms with Gasteiger partial charge < -0.3 is 4.74 Å². The molecule has 0 heterocycles. The molecule has 0 aliphatic rings. The smallest absolute Gasteiger partial charge is 0.119 e. The third-order valence-electron chi connectivity index (χ3n) is 4.62. The molecule has 134 valence electrons. The predicted molar refractivity (Wildman–Crippen MR) is 115 cm³/mol. The van der Waals surface area contributed by atoms with Gasteiger partial charge in [0, 0.05) is 0 Å². The lowest BCUT2D eigenvalue weighted by atomic mass is 10.0. The van der Waals surface area contributed by atoms with Crippen LogP contribution in [0.1, 0.15) is 16.7 Å². The van der Waals surface area contributed by atoms with Gasteiger partial charge >= 0.3 is 0 Å². The highest BCUT2D eigenvalue weighted by atomic mass is 16.5. The number of hydrogen-bond donors (Lipinski definition) is 0. The molecular formula is C26H19NO. The maximum Gasteiger partial charge on any atom is 0.119 e. The van der Waals surface area contributed by atoms with Gasteiger partial charge in [0.1, 0.15) is 12.4 Å². The van der Waals surface area contributed by atoms with Crippen LogP contribution in [-0.4, -0.2) is 0 Å². The predicted octanol–water partition coefficient (Wildman–Crippen LogP) is 6.48. The Morgan fingerprint density at radius 3 is 2.25 bits per heavy atom. The Morgan fingerprint density at radius 1 is 0.786 bits per heavy atom. The van der Waals surface area contributed by atoms with Gasteiger partial charge in [-0.3, -0.25) is 0 Å². The summed E-state index contributed by atoms with van der Waals surface area (Å²) >= 11 is 0. The van der Waals surface area contributed by atoms with Crippen LogP contribution in [0.25, 0.3) is 22.4 Å². The van der Waals surface area contributed by atoms with Crippen molar-refractivity contribution in [1.29, 1.82) is 5.26 Å². The molecule has 4 aromatic rings. The van der Waals surface area contributed by atoms with Gasteiger partial charge in [0.25, 0.3) is 0 Å². The van der Waals surface area contributed by atoms with Crippen LogP contribution in [0.2, 0.25) is 0 Å². The van der Waals surface area contributed by atoms with Crippen molar-refractivity contribution in [3.63, 3.8) is 0 Å². The lowest BCUT2D eigenvalue weighted by Crippen LogP contribution is -1.94. The van der Waals surface area contributed by atoms with E-state index in [0.717, 1.165) is 27.8 Å². The molecule has 4 rings (SSSR count). The van der Waals surface area contributed by atoms with E-state index in [1.165, 1.54) is 5.39 Å². The van der Waals surface area contributed by atoms with Crippen LogP contribution in [0.5, 0.6) is 5.75 Å². The lowest BCUT2D eigenvalue weighted by molar-refractivity contribution is 0.306. The fraction of sp³-hybridized carbons (Fsp3) is 0.0385. The Morgan fingerprint density at radius 2 is 1.50 bits per heavy atom. The molecule has 0 spiro atoms. The average molecular weight is 361 g/mol. The standard InChI is InChI=1S/C26H19NO/c27-18-25(24-13-12-22-8-4-5-9-23(22)17-24)16-20-10-14-26(15-11-20)28-19-21-6-2-1-3-7-21/h1-17H,19H2/b25-16-. The zero-order valence-corrected chi connectivity index (χ0v) is 15.4. The summed E-state index contributed by atoms with van der Waals surface area (Å²) in [5.41, 5.74) is 3.67. The van der Waals surface area contributed by atoms with E-state index in [9.17, 15) is 5.26 Å². The first kappa shape index (κ1) is 17.6. The highest BCUT2D eigenvalue weighted by Gasteiger charge is 2.03. The van der Waals surface area contributed by atoms with E-state index in [0.29, 0.717) is 12.2 Å². The number of hydrogen-bond acceptors (Lipinski definition) is 2. The van der Waals surface area contributed by atoms with Gasteiger partial charge in [-0.05, 0) is 51.7 Å². The minimum atomic E-state index is 0.538. The SMILES string of the molecule is N#C/C(=C/c1ccc(OCc2ccccc2)cc1)c1ccc2ccccc2c1.